The maximum atomic E-state index is 6.17. The van der Waals surface area contributed by atoms with Crippen LogP contribution in [-0.4, -0.2) is 24.2 Å². The van der Waals surface area contributed by atoms with Crippen LogP contribution < -0.4 is 10.1 Å². The van der Waals surface area contributed by atoms with Gasteiger partial charge < -0.3 is 19.5 Å². The van der Waals surface area contributed by atoms with Gasteiger partial charge in [-0.15, -0.1) is 0 Å². The van der Waals surface area contributed by atoms with Crippen molar-refractivity contribution >= 4 is 10.8 Å². The van der Waals surface area contributed by atoms with E-state index in [0.717, 1.165) is 5.75 Å². The molecule has 1 heterocycles. The van der Waals surface area contributed by atoms with Crippen LogP contribution in [0.25, 0.3) is 10.8 Å². The normalized spacial score (nSPS) is 26.2. The van der Waals surface area contributed by atoms with E-state index >= 15 is 0 Å². The van der Waals surface area contributed by atoms with Gasteiger partial charge in [0.15, 0.2) is 11.9 Å². The van der Waals surface area contributed by atoms with Gasteiger partial charge in [-0.1, -0.05) is 54.6 Å². The average Bonchev–Trinajstić information content (AvgIpc) is 3.25. The minimum Gasteiger partial charge on any atom is -0.483 e. The molecule has 5 rings (SSSR count). The Kier molecular flexibility index (Phi) is 6.17. The van der Waals surface area contributed by atoms with E-state index in [1.807, 2.05) is 20.8 Å². The van der Waals surface area contributed by atoms with Crippen LogP contribution in [0.3, 0.4) is 0 Å². The monoisotopic (exact) mass is 445 g/mol. The van der Waals surface area contributed by atoms with Gasteiger partial charge in [0.2, 0.25) is 6.29 Å². The van der Waals surface area contributed by atoms with E-state index in [4.69, 9.17) is 14.2 Å². The first kappa shape index (κ1) is 22.4. The second-order valence-corrected chi connectivity index (χ2v) is 10.1. The third kappa shape index (κ3) is 4.79. The van der Waals surface area contributed by atoms with Crippen LogP contribution in [0.5, 0.6) is 5.75 Å². The lowest BCUT2D eigenvalue weighted by Crippen LogP contribution is -2.55. The first-order valence-electron chi connectivity index (χ1n) is 12.2. The molecule has 2 aliphatic rings. The molecular weight excluding hydrogens is 410 g/mol. The smallest absolute Gasteiger partial charge is 0.202 e. The highest BCUT2D eigenvalue weighted by molar-refractivity contribution is 5.86. The molecule has 0 aromatic heterocycles. The molecule has 1 aliphatic heterocycles. The van der Waals surface area contributed by atoms with E-state index in [1.54, 1.807) is 0 Å². The number of hydrogen-bond acceptors (Lipinski definition) is 4. The third-order valence-electron chi connectivity index (χ3n) is 7.14. The van der Waals surface area contributed by atoms with E-state index in [0.29, 0.717) is 18.0 Å². The second kappa shape index (κ2) is 9.09. The van der Waals surface area contributed by atoms with Gasteiger partial charge >= 0.3 is 0 Å². The molecule has 4 nitrogen and oxygen atoms in total. The van der Waals surface area contributed by atoms with Crippen LogP contribution in [0.2, 0.25) is 0 Å². The lowest BCUT2D eigenvalue weighted by Gasteiger charge is -2.43. The topological polar surface area (TPSA) is 39.7 Å². The Morgan fingerprint density at radius 3 is 2.42 bits per heavy atom. The maximum absolute atomic E-state index is 6.17. The molecule has 1 aliphatic carbocycles. The van der Waals surface area contributed by atoms with Gasteiger partial charge in [0.25, 0.3) is 0 Å². The zero-order valence-corrected chi connectivity index (χ0v) is 20.1. The Balaban J connectivity index is 1.19. The van der Waals surface area contributed by atoms with Crippen molar-refractivity contribution in [1.29, 1.82) is 0 Å². The Morgan fingerprint density at radius 1 is 0.939 bits per heavy atom. The van der Waals surface area contributed by atoms with Crippen LogP contribution in [0.4, 0.5) is 0 Å². The van der Waals surface area contributed by atoms with Crippen LogP contribution in [0, 0.1) is 0 Å². The van der Waals surface area contributed by atoms with Crippen LogP contribution in [0.1, 0.15) is 70.0 Å². The van der Waals surface area contributed by atoms with Crippen molar-refractivity contribution in [3.63, 3.8) is 0 Å². The van der Waals surface area contributed by atoms with Crippen molar-refractivity contribution in [3.05, 3.63) is 77.9 Å². The van der Waals surface area contributed by atoms with Crippen molar-refractivity contribution in [2.45, 2.75) is 83.1 Å². The molecule has 0 bridgehead atoms. The molecule has 3 atom stereocenters. The number of fused-ring (bicyclic) bond motifs is 1. The fraction of sp³-hybridized carbons (Fsp3) is 0.448. The highest BCUT2D eigenvalue weighted by atomic mass is 16.9. The third-order valence-corrected chi connectivity index (χ3v) is 7.14. The summed E-state index contributed by atoms with van der Waals surface area (Å²) >= 11 is 0. The minimum absolute atomic E-state index is 0.146. The predicted molar refractivity (Wildman–Crippen MR) is 132 cm³/mol. The summed E-state index contributed by atoms with van der Waals surface area (Å²) < 4.78 is 17.4. The highest BCUT2D eigenvalue weighted by Gasteiger charge is 2.42. The van der Waals surface area contributed by atoms with E-state index in [2.05, 4.69) is 79.0 Å². The van der Waals surface area contributed by atoms with E-state index in [-0.39, 0.29) is 12.6 Å². The van der Waals surface area contributed by atoms with Crippen molar-refractivity contribution in [1.82, 2.24) is 5.32 Å². The predicted octanol–water partition coefficient (Wildman–Crippen LogP) is 6.70. The van der Waals surface area contributed by atoms with Gasteiger partial charge in [-0.05, 0) is 86.9 Å². The molecule has 1 saturated heterocycles. The van der Waals surface area contributed by atoms with Crippen molar-refractivity contribution in [3.8, 4) is 5.75 Å². The number of rotatable bonds is 7. The summed E-state index contributed by atoms with van der Waals surface area (Å²) in [5.74, 6) is 1.44. The fourth-order valence-electron chi connectivity index (χ4n) is 5.35. The summed E-state index contributed by atoms with van der Waals surface area (Å²) in [7, 11) is 0. The number of benzene rings is 3. The quantitative estimate of drug-likeness (QED) is 0.439. The van der Waals surface area contributed by atoms with Crippen molar-refractivity contribution in [2.75, 3.05) is 0 Å². The molecule has 0 amide bonds. The molecular formula is C29H35NO3. The molecule has 4 heteroatoms. The number of nitrogens with one attached hydrogen (secondary N) is 1. The fourth-order valence-corrected chi connectivity index (χ4v) is 5.35. The Bertz CT molecular complexity index is 1080. The molecule has 1 saturated carbocycles. The Labute approximate surface area is 197 Å². The van der Waals surface area contributed by atoms with Gasteiger partial charge in [-0.2, -0.15) is 0 Å². The zero-order chi connectivity index (χ0) is 23.0. The lowest BCUT2D eigenvalue weighted by atomic mass is 9.96. The van der Waals surface area contributed by atoms with Gasteiger partial charge in [0, 0.05) is 12.1 Å². The van der Waals surface area contributed by atoms with Gasteiger partial charge in [0.1, 0.15) is 5.75 Å². The first-order valence-corrected chi connectivity index (χ1v) is 12.2. The largest absolute Gasteiger partial charge is 0.483 e. The van der Waals surface area contributed by atoms with E-state index in [9.17, 15) is 0 Å². The van der Waals surface area contributed by atoms with Crippen molar-refractivity contribution in [2.24, 2.45) is 0 Å². The first-order chi connectivity index (χ1) is 15.9. The molecule has 2 fully saturated rings. The molecule has 3 aromatic carbocycles. The summed E-state index contributed by atoms with van der Waals surface area (Å²) in [4.78, 5) is 0. The molecule has 0 unspecified atom stereocenters. The molecule has 0 spiro atoms. The maximum Gasteiger partial charge on any atom is 0.202 e. The van der Waals surface area contributed by atoms with E-state index in [1.165, 1.54) is 41.2 Å². The molecule has 0 radical (unpaired) electrons. The van der Waals surface area contributed by atoms with E-state index < -0.39 is 5.60 Å². The summed E-state index contributed by atoms with van der Waals surface area (Å²) in [6, 6.07) is 24.8. The molecule has 174 valence electrons. The Morgan fingerprint density at radius 2 is 1.67 bits per heavy atom. The second-order valence-electron chi connectivity index (χ2n) is 10.1. The summed E-state index contributed by atoms with van der Waals surface area (Å²) in [5, 5.41) is 6.56. The SMILES string of the molecule is CC1OC(C(C)(C)Oc2ccc([C@@H]3CC[C@H](N[C@H](C)c4cccc5ccccc45)C3)cc2)O1. The number of hydrogen-bond donors (Lipinski definition) is 1. The summed E-state index contributed by atoms with van der Waals surface area (Å²) in [5.41, 5.74) is 2.26. The van der Waals surface area contributed by atoms with Crippen LogP contribution >= 0.6 is 0 Å². The van der Waals surface area contributed by atoms with Crippen LogP contribution in [-0.2, 0) is 9.47 Å². The Hall–Kier alpha value is -2.40. The standard InChI is InChI=1S/C29H35NO3/c1-19(26-11-7-9-22-8-5-6-10-27(22)26)30-24-15-12-23(18-24)21-13-16-25(17-14-21)33-29(3,4)28-31-20(2)32-28/h5-11,13-14,16-17,19-20,23-24,28,30H,12,15,18H2,1-4H3/t19-,20?,23-,24+,28?/m1/s1. The van der Waals surface area contributed by atoms with Crippen molar-refractivity contribution < 1.29 is 14.2 Å². The molecule has 1 N–H and O–H groups in total. The average molecular weight is 446 g/mol. The number of ether oxygens (including phenoxy) is 3. The zero-order valence-electron chi connectivity index (χ0n) is 20.1. The minimum atomic E-state index is -0.520. The molecule has 3 aromatic rings. The van der Waals surface area contributed by atoms with Crippen LogP contribution in [0.15, 0.2) is 66.7 Å². The van der Waals surface area contributed by atoms with Gasteiger partial charge in [0.05, 0.1) is 0 Å². The summed E-state index contributed by atoms with van der Waals surface area (Å²) in [6.45, 7) is 8.19. The lowest BCUT2D eigenvalue weighted by molar-refractivity contribution is -0.410. The highest BCUT2D eigenvalue weighted by Crippen LogP contribution is 2.37. The van der Waals surface area contributed by atoms with Gasteiger partial charge in [-0.3, -0.25) is 0 Å². The van der Waals surface area contributed by atoms with Gasteiger partial charge in [-0.25, -0.2) is 0 Å². The summed E-state index contributed by atoms with van der Waals surface area (Å²) in [6.07, 6.45) is 3.13. The molecule has 33 heavy (non-hydrogen) atoms.